The molecule has 0 spiro atoms. The lowest BCUT2D eigenvalue weighted by molar-refractivity contribution is -0.141. The van der Waals surface area contributed by atoms with E-state index in [0.29, 0.717) is 16.8 Å². The molecule has 0 heterocycles. The van der Waals surface area contributed by atoms with E-state index in [4.69, 9.17) is 11.2 Å². The molecule has 3 amide bonds. The number of nitrogens with zero attached hydrogens (tertiary/aromatic N) is 1. The van der Waals surface area contributed by atoms with Crippen molar-refractivity contribution in [2.75, 3.05) is 5.32 Å². The summed E-state index contributed by atoms with van der Waals surface area (Å²) < 4.78 is 5.55. The molecule has 5 rings (SSSR count). The first kappa shape index (κ1) is 31.3. The molecule has 1 fully saturated rings. The third kappa shape index (κ3) is 7.90. The Hall–Kier alpha value is -5.09. The summed E-state index contributed by atoms with van der Waals surface area (Å²) in [6.07, 6.45) is 5.89. The Kier molecular flexibility index (Phi) is 9.24. The highest BCUT2D eigenvalue weighted by Crippen LogP contribution is 2.41. The van der Waals surface area contributed by atoms with Crippen molar-refractivity contribution in [3.05, 3.63) is 114 Å². The monoisotopic (exact) mass is 601 g/mol. The van der Waals surface area contributed by atoms with Gasteiger partial charge in [0.25, 0.3) is 5.91 Å². The van der Waals surface area contributed by atoms with Crippen molar-refractivity contribution in [2.45, 2.75) is 64.3 Å². The van der Waals surface area contributed by atoms with E-state index in [1.54, 1.807) is 49.9 Å². The summed E-state index contributed by atoms with van der Waals surface area (Å²) in [5.74, 6) is 2.07. The first-order valence-electron chi connectivity index (χ1n) is 15.2. The minimum Gasteiger partial charge on any atom is -0.444 e. The Labute approximate surface area is 265 Å². The van der Waals surface area contributed by atoms with Crippen LogP contribution in [0, 0.1) is 18.3 Å². The normalized spacial score (nSPS) is 17.0. The molecule has 4 atom stereocenters. The number of terminal acetylenes is 1. The molecular weight excluding hydrogens is 562 g/mol. The molecule has 2 N–H and O–H groups in total. The quantitative estimate of drug-likeness (QED) is 0.205. The number of nitrogens with one attached hydrogen (secondary N) is 2. The summed E-state index contributed by atoms with van der Waals surface area (Å²) in [5, 5.41) is 7.93. The minimum absolute atomic E-state index is 0.175. The van der Waals surface area contributed by atoms with Crippen LogP contribution in [0.5, 0.6) is 0 Å². The standard InChI is InChI=1S/C38H39N3O4/c1-6-26-16-18-29(19-17-26)34(35(42)39-31-21-20-28-14-10-11-15-30(28)24-31)41(33-22-25(33)2)36(43)32(23-27-12-8-7-9-13-27)40-37(44)45-38(3,4)5/h1,7-21,24-25,32-34H,22-23H2,2-5H3,(H,39,42)(H,40,44). The number of amides is 3. The maximum atomic E-state index is 14.7. The van der Waals surface area contributed by atoms with Crippen LogP contribution >= 0.6 is 0 Å². The van der Waals surface area contributed by atoms with Gasteiger partial charge in [0.05, 0.1) is 0 Å². The van der Waals surface area contributed by atoms with Gasteiger partial charge in [-0.15, -0.1) is 6.42 Å². The van der Waals surface area contributed by atoms with Crippen LogP contribution in [0.3, 0.4) is 0 Å². The van der Waals surface area contributed by atoms with E-state index in [1.165, 1.54) is 0 Å². The van der Waals surface area contributed by atoms with E-state index in [9.17, 15) is 14.4 Å². The highest BCUT2D eigenvalue weighted by atomic mass is 16.6. The molecule has 1 saturated carbocycles. The first-order chi connectivity index (χ1) is 21.5. The zero-order valence-electron chi connectivity index (χ0n) is 26.1. The van der Waals surface area contributed by atoms with E-state index in [-0.39, 0.29) is 30.2 Å². The van der Waals surface area contributed by atoms with E-state index in [2.05, 4.69) is 23.5 Å². The number of carbonyl (C=O) groups is 3. The molecule has 1 aliphatic carbocycles. The number of carbonyl (C=O) groups excluding carboxylic acids is 3. The van der Waals surface area contributed by atoms with Gasteiger partial charge in [0.1, 0.15) is 17.7 Å². The van der Waals surface area contributed by atoms with Crippen molar-refractivity contribution in [3.8, 4) is 12.3 Å². The van der Waals surface area contributed by atoms with Gasteiger partial charge < -0.3 is 20.3 Å². The average Bonchev–Trinajstić information content (AvgIpc) is 3.74. The fourth-order valence-electron chi connectivity index (χ4n) is 5.53. The van der Waals surface area contributed by atoms with E-state index in [1.807, 2.05) is 72.8 Å². The van der Waals surface area contributed by atoms with Gasteiger partial charge >= 0.3 is 6.09 Å². The topological polar surface area (TPSA) is 87.7 Å². The number of hydrogen-bond donors (Lipinski definition) is 2. The summed E-state index contributed by atoms with van der Waals surface area (Å²) in [6.45, 7) is 7.36. The summed E-state index contributed by atoms with van der Waals surface area (Å²) in [7, 11) is 0. The Balaban J connectivity index is 1.54. The molecule has 0 saturated heterocycles. The van der Waals surface area contributed by atoms with Gasteiger partial charge in [-0.2, -0.15) is 0 Å². The summed E-state index contributed by atoms with van der Waals surface area (Å²) in [5.41, 5.74) is 2.02. The van der Waals surface area contributed by atoms with E-state index < -0.39 is 23.8 Å². The number of alkyl carbamates (subject to hydrolysis) is 1. The average molecular weight is 602 g/mol. The lowest BCUT2D eigenvalue weighted by atomic mass is 9.99. The molecule has 0 aromatic heterocycles. The summed E-state index contributed by atoms with van der Waals surface area (Å²) in [6, 6.07) is 28.1. The molecule has 0 aliphatic heterocycles. The molecular formula is C38H39N3O4. The number of ether oxygens (including phenoxy) is 1. The van der Waals surface area contributed by atoms with Gasteiger partial charge in [-0.25, -0.2) is 4.79 Å². The molecule has 1 aliphatic rings. The van der Waals surface area contributed by atoms with Crippen molar-refractivity contribution < 1.29 is 19.1 Å². The van der Waals surface area contributed by atoms with E-state index in [0.717, 1.165) is 22.8 Å². The van der Waals surface area contributed by atoms with Gasteiger partial charge in [-0.1, -0.05) is 85.6 Å². The minimum atomic E-state index is -0.982. The van der Waals surface area contributed by atoms with Gasteiger partial charge in [0.2, 0.25) is 5.91 Å². The molecule has 7 nitrogen and oxygen atoms in total. The van der Waals surface area contributed by atoms with Crippen molar-refractivity contribution in [2.24, 2.45) is 5.92 Å². The Morgan fingerprint density at radius 3 is 2.20 bits per heavy atom. The first-order valence-corrected chi connectivity index (χ1v) is 15.2. The molecule has 0 bridgehead atoms. The zero-order chi connectivity index (χ0) is 32.1. The molecule has 45 heavy (non-hydrogen) atoms. The predicted molar refractivity (Wildman–Crippen MR) is 177 cm³/mol. The molecule has 4 aromatic rings. The number of rotatable bonds is 9. The fourth-order valence-corrected chi connectivity index (χ4v) is 5.53. The van der Waals surface area contributed by atoms with Crippen LogP contribution in [0.25, 0.3) is 10.8 Å². The van der Waals surface area contributed by atoms with Crippen molar-refractivity contribution >= 4 is 34.4 Å². The van der Waals surface area contributed by atoms with Gasteiger partial charge in [0.15, 0.2) is 0 Å². The molecule has 230 valence electrons. The molecule has 4 unspecified atom stereocenters. The van der Waals surface area contributed by atoms with Crippen LogP contribution in [0.1, 0.15) is 56.8 Å². The second-order valence-electron chi connectivity index (χ2n) is 12.6. The Bertz CT molecular complexity index is 1720. The van der Waals surface area contributed by atoms with Crippen LogP contribution in [0.4, 0.5) is 10.5 Å². The third-order valence-corrected chi connectivity index (χ3v) is 7.89. The van der Waals surface area contributed by atoms with Crippen LogP contribution in [0.2, 0.25) is 0 Å². The number of fused-ring (bicyclic) bond motifs is 1. The molecule has 0 radical (unpaired) electrons. The smallest absolute Gasteiger partial charge is 0.408 e. The highest BCUT2D eigenvalue weighted by molar-refractivity contribution is 6.00. The second kappa shape index (κ2) is 13.3. The van der Waals surface area contributed by atoms with Crippen molar-refractivity contribution in [1.82, 2.24) is 10.2 Å². The highest BCUT2D eigenvalue weighted by Gasteiger charge is 2.48. The van der Waals surface area contributed by atoms with Gasteiger partial charge in [-0.3, -0.25) is 9.59 Å². The van der Waals surface area contributed by atoms with Crippen LogP contribution in [-0.2, 0) is 20.7 Å². The lowest BCUT2D eigenvalue weighted by Gasteiger charge is -2.35. The van der Waals surface area contributed by atoms with Crippen LogP contribution in [-0.4, -0.2) is 40.5 Å². The lowest BCUT2D eigenvalue weighted by Crippen LogP contribution is -2.54. The second-order valence-corrected chi connectivity index (χ2v) is 12.6. The Morgan fingerprint density at radius 2 is 1.58 bits per heavy atom. The van der Waals surface area contributed by atoms with Crippen molar-refractivity contribution in [1.29, 1.82) is 0 Å². The number of anilines is 1. The van der Waals surface area contributed by atoms with Crippen LogP contribution < -0.4 is 10.6 Å². The number of benzene rings is 4. The van der Waals surface area contributed by atoms with E-state index >= 15 is 0 Å². The Morgan fingerprint density at radius 1 is 0.933 bits per heavy atom. The van der Waals surface area contributed by atoms with Gasteiger partial charge in [-0.05, 0) is 79.3 Å². The maximum Gasteiger partial charge on any atom is 0.408 e. The largest absolute Gasteiger partial charge is 0.444 e. The molecule has 4 aromatic carbocycles. The third-order valence-electron chi connectivity index (χ3n) is 7.89. The summed E-state index contributed by atoms with van der Waals surface area (Å²) >= 11 is 0. The number of hydrogen-bond acceptors (Lipinski definition) is 4. The van der Waals surface area contributed by atoms with Crippen molar-refractivity contribution in [3.63, 3.8) is 0 Å². The molecule has 7 heteroatoms. The summed E-state index contributed by atoms with van der Waals surface area (Å²) in [4.78, 5) is 43.7. The SMILES string of the molecule is C#Cc1ccc(C(C(=O)Nc2ccc3ccccc3c2)N(C(=O)C(Cc2ccccc2)NC(=O)OC(C)(C)C)C2CC2C)cc1. The zero-order valence-corrected chi connectivity index (χ0v) is 26.1. The maximum absolute atomic E-state index is 14.7. The predicted octanol–water partition coefficient (Wildman–Crippen LogP) is 6.87. The van der Waals surface area contributed by atoms with Gasteiger partial charge in [0, 0.05) is 23.7 Å². The van der Waals surface area contributed by atoms with Crippen LogP contribution in [0.15, 0.2) is 97.1 Å². The fraction of sp³-hybridized carbons (Fsp3) is 0.289.